The minimum atomic E-state index is -0.960. The first kappa shape index (κ1) is 11.8. The highest BCUT2D eigenvalue weighted by Gasteiger charge is 2.12. The van der Waals surface area contributed by atoms with Gasteiger partial charge in [0.25, 0.3) is 5.91 Å². The number of H-pyrrole nitrogens is 1. The molecule has 92 valence electrons. The minimum absolute atomic E-state index is 0.139. The third kappa shape index (κ3) is 2.70. The summed E-state index contributed by atoms with van der Waals surface area (Å²) in [5, 5.41) is 20.9. The van der Waals surface area contributed by atoms with Gasteiger partial charge in [0.1, 0.15) is 0 Å². The van der Waals surface area contributed by atoms with Crippen LogP contribution >= 0.6 is 0 Å². The van der Waals surface area contributed by atoms with Crippen LogP contribution in [-0.4, -0.2) is 32.4 Å². The molecular weight excluding hydrogens is 236 g/mol. The Morgan fingerprint density at radius 1 is 1.33 bits per heavy atom. The summed E-state index contributed by atoms with van der Waals surface area (Å²) in [5.74, 6) is -1.40. The van der Waals surface area contributed by atoms with Gasteiger partial charge in [0, 0.05) is 5.69 Å². The molecule has 18 heavy (non-hydrogen) atoms. The number of benzene rings is 1. The van der Waals surface area contributed by atoms with Crippen molar-refractivity contribution in [2.45, 2.75) is 6.42 Å². The number of aliphatic carboxylic acids is 1. The Bertz CT molecular complexity index is 565. The first-order valence-electron chi connectivity index (χ1n) is 5.13. The van der Waals surface area contributed by atoms with Gasteiger partial charge in [0.2, 0.25) is 0 Å². The Labute approximate surface area is 102 Å². The van der Waals surface area contributed by atoms with Crippen LogP contribution in [0.3, 0.4) is 0 Å². The summed E-state index contributed by atoms with van der Waals surface area (Å²) in [7, 11) is 0. The van der Waals surface area contributed by atoms with E-state index in [9.17, 15) is 9.59 Å². The number of hydrogen-bond acceptors (Lipinski definition) is 4. The summed E-state index contributed by atoms with van der Waals surface area (Å²) in [4.78, 5) is 22.4. The van der Waals surface area contributed by atoms with Crippen LogP contribution in [0.1, 0.15) is 16.1 Å². The van der Waals surface area contributed by atoms with Crippen molar-refractivity contribution in [3.8, 4) is 0 Å². The zero-order valence-electron chi connectivity index (χ0n) is 9.25. The van der Waals surface area contributed by atoms with Crippen LogP contribution in [0.5, 0.6) is 0 Å². The van der Waals surface area contributed by atoms with E-state index in [1.807, 2.05) is 0 Å². The van der Waals surface area contributed by atoms with Gasteiger partial charge >= 0.3 is 5.97 Å². The molecule has 3 N–H and O–H groups in total. The molecule has 0 saturated heterocycles. The van der Waals surface area contributed by atoms with E-state index in [-0.39, 0.29) is 12.1 Å². The molecule has 1 aromatic carbocycles. The van der Waals surface area contributed by atoms with Crippen LogP contribution in [0.15, 0.2) is 30.5 Å². The van der Waals surface area contributed by atoms with E-state index < -0.39 is 11.9 Å². The maximum Gasteiger partial charge on any atom is 0.307 e. The molecule has 0 radical (unpaired) electrons. The predicted molar refractivity (Wildman–Crippen MR) is 62.1 cm³/mol. The molecule has 1 aromatic heterocycles. The molecule has 7 nitrogen and oxygen atoms in total. The van der Waals surface area contributed by atoms with Crippen molar-refractivity contribution in [2.75, 3.05) is 5.32 Å². The highest BCUT2D eigenvalue weighted by atomic mass is 16.4. The Balaban J connectivity index is 2.18. The molecule has 1 heterocycles. The molecule has 2 aromatic rings. The number of carbonyl (C=O) groups is 2. The normalized spacial score (nSPS) is 10.0. The number of carboxylic acids is 1. The van der Waals surface area contributed by atoms with Gasteiger partial charge in [0.05, 0.1) is 12.6 Å². The fourth-order valence-corrected chi connectivity index (χ4v) is 1.46. The molecule has 1 amide bonds. The smallest absolute Gasteiger partial charge is 0.307 e. The number of carbonyl (C=O) groups excluding carboxylic acids is 1. The van der Waals surface area contributed by atoms with E-state index in [1.54, 1.807) is 24.3 Å². The monoisotopic (exact) mass is 246 g/mol. The molecule has 7 heteroatoms. The third-order valence-electron chi connectivity index (χ3n) is 2.25. The fourth-order valence-electron chi connectivity index (χ4n) is 1.46. The summed E-state index contributed by atoms with van der Waals surface area (Å²) in [5.41, 5.74) is 1.12. The zero-order valence-corrected chi connectivity index (χ0v) is 9.25. The molecule has 0 aliphatic heterocycles. The van der Waals surface area contributed by atoms with Crippen molar-refractivity contribution in [3.05, 3.63) is 41.7 Å². The lowest BCUT2D eigenvalue weighted by atomic mass is 10.1. The standard InChI is InChI=1S/C11H10N4O3/c16-10(17)5-7-3-1-2-4-8(7)13-11(18)9-6-12-15-14-9/h1-4,6H,5H2,(H,13,18)(H,16,17)(H,12,14,15). The minimum Gasteiger partial charge on any atom is -0.481 e. The van der Waals surface area contributed by atoms with Crippen LogP contribution in [0.25, 0.3) is 0 Å². The second-order valence-electron chi connectivity index (χ2n) is 3.54. The number of para-hydroxylation sites is 1. The SMILES string of the molecule is O=C(O)Cc1ccccc1NC(=O)c1cn[nH]n1. The molecule has 0 fully saturated rings. The Kier molecular flexibility index (Phi) is 3.33. The number of aromatic amines is 1. The number of carboxylic acid groups (broad SMARTS) is 1. The molecule has 0 saturated carbocycles. The van der Waals surface area contributed by atoms with Gasteiger partial charge in [-0.15, -0.1) is 0 Å². The molecule has 2 rings (SSSR count). The summed E-state index contributed by atoms with van der Waals surface area (Å²) < 4.78 is 0. The van der Waals surface area contributed by atoms with E-state index in [2.05, 4.69) is 20.7 Å². The number of aromatic nitrogens is 3. The maximum absolute atomic E-state index is 11.7. The second-order valence-corrected chi connectivity index (χ2v) is 3.54. The van der Waals surface area contributed by atoms with Crippen LogP contribution in [0.2, 0.25) is 0 Å². The third-order valence-corrected chi connectivity index (χ3v) is 2.25. The second kappa shape index (κ2) is 5.09. The van der Waals surface area contributed by atoms with Crippen molar-refractivity contribution in [1.82, 2.24) is 15.4 Å². The number of hydrogen-bond donors (Lipinski definition) is 3. The molecule has 0 spiro atoms. The highest BCUT2D eigenvalue weighted by molar-refractivity contribution is 6.03. The van der Waals surface area contributed by atoms with Gasteiger partial charge in [-0.1, -0.05) is 18.2 Å². The van der Waals surface area contributed by atoms with E-state index in [0.29, 0.717) is 11.3 Å². The van der Waals surface area contributed by atoms with Crippen LogP contribution in [0.4, 0.5) is 5.69 Å². The molecule has 0 aliphatic carbocycles. The zero-order chi connectivity index (χ0) is 13.0. The molecule has 0 bridgehead atoms. The summed E-state index contributed by atoms with van der Waals surface area (Å²) in [6.07, 6.45) is 1.13. The number of nitrogens with zero attached hydrogens (tertiary/aromatic N) is 2. The van der Waals surface area contributed by atoms with Crippen molar-refractivity contribution in [2.24, 2.45) is 0 Å². The summed E-state index contributed by atoms with van der Waals surface area (Å²) in [6, 6.07) is 6.70. The predicted octanol–water partition coefficient (Wildman–Crippen LogP) is 0.684. The summed E-state index contributed by atoms with van der Waals surface area (Å²) >= 11 is 0. The Morgan fingerprint density at radius 3 is 2.78 bits per heavy atom. The lowest BCUT2D eigenvalue weighted by molar-refractivity contribution is -0.136. The topological polar surface area (TPSA) is 108 Å². The highest BCUT2D eigenvalue weighted by Crippen LogP contribution is 2.16. The maximum atomic E-state index is 11.7. The molecule has 0 atom stereocenters. The van der Waals surface area contributed by atoms with Crippen LogP contribution in [-0.2, 0) is 11.2 Å². The van der Waals surface area contributed by atoms with Crippen LogP contribution in [0, 0.1) is 0 Å². The average molecular weight is 246 g/mol. The van der Waals surface area contributed by atoms with Gasteiger partial charge in [-0.05, 0) is 11.6 Å². The number of rotatable bonds is 4. The molecular formula is C11H10N4O3. The first-order valence-corrected chi connectivity index (χ1v) is 5.13. The lowest BCUT2D eigenvalue weighted by Crippen LogP contribution is -2.14. The average Bonchev–Trinajstić information content (AvgIpc) is 2.84. The van der Waals surface area contributed by atoms with Gasteiger partial charge in [-0.2, -0.15) is 15.4 Å². The first-order chi connectivity index (χ1) is 8.66. The van der Waals surface area contributed by atoms with E-state index in [0.717, 1.165) is 0 Å². The number of nitrogens with one attached hydrogen (secondary N) is 2. The number of amides is 1. The van der Waals surface area contributed by atoms with E-state index in [4.69, 9.17) is 5.11 Å². The van der Waals surface area contributed by atoms with Crippen LogP contribution < -0.4 is 5.32 Å². The van der Waals surface area contributed by atoms with Crippen molar-refractivity contribution >= 4 is 17.6 Å². The van der Waals surface area contributed by atoms with E-state index in [1.165, 1.54) is 6.20 Å². The van der Waals surface area contributed by atoms with Gasteiger partial charge in [0.15, 0.2) is 5.69 Å². The van der Waals surface area contributed by atoms with E-state index >= 15 is 0 Å². The Hall–Kier alpha value is -2.70. The molecule has 0 unspecified atom stereocenters. The Morgan fingerprint density at radius 2 is 2.11 bits per heavy atom. The fraction of sp³-hybridized carbons (Fsp3) is 0.0909. The quantitative estimate of drug-likeness (QED) is 0.735. The largest absolute Gasteiger partial charge is 0.481 e. The number of anilines is 1. The van der Waals surface area contributed by atoms with Gasteiger partial charge < -0.3 is 10.4 Å². The molecule has 0 aliphatic rings. The van der Waals surface area contributed by atoms with Crippen molar-refractivity contribution in [1.29, 1.82) is 0 Å². The lowest BCUT2D eigenvalue weighted by Gasteiger charge is -2.08. The summed E-state index contributed by atoms with van der Waals surface area (Å²) in [6.45, 7) is 0. The van der Waals surface area contributed by atoms with Gasteiger partial charge in [-0.25, -0.2) is 0 Å². The van der Waals surface area contributed by atoms with Crippen molar-refractivity contribution < 1.29 is 14.7 Å². The van der Waals surface area contributed by atoms with Gasteiger partial charge in [-0.3, -0.25) is 9.59 Å². The van der Waals surface area contributed by atoms with Crippen molar-refractivity contribution in [3.63, 3.8) is 0 Å².